The van der Waals surface area contributed by atoms with Crippen molar-refractivity contribution < 1.29 is 0 Å². The molecule has 0 aromatic heterocycles. The fourth-order valence-electron chi connectivity index (χ4n) is 1.97. The maximum absolute atomic E-state index is 2.50. The Morgan fingerprint density at radius 1 is 1.07 bits per heavy atom. The van der Waals surface area contributed by atoms with Gasteiger partial charge in [-0.1, -0.05) is 0 Å². The SMILES string of the molecule is CC[PH](C)(c1ccccc1)C(C)(C)C. The van der Waals surface area contributed by atoms with Crippen LogP contribution in [0.4, 0.5) is 0 Å². The van der Waals surface area contributed by atoms with Gasteiger partial charge >= 0.3 is 88.6 Å². The topological polar surface area (TPSA) is 0 Å². The quantitative estimate of drug-likeness (QED) is 0.655. The molecule has 0 unspecified atom stereocenters. The van der Waals surface area contributed by atoms with Crippen LogP contribution in [-0.4, -0.2) is 18.0 Å². The van der Waals surface area contributed by atoms with Crippen LogP contribution in [0.1, 0.15) is 27.7 Å². The summed E-state index contributed by atoms with van der Waals surface area (Å²) in [5, 5.41) is 2.04. The Kier molecular flexibility index (Phi) is 3.37. The van der Waals surface area contributed by atoms with Gasteiger partial charge in [-0.2, -0.15) is 0 Å². The molecule has 0 amide bonds. The van der Waals surface area contributed by atoms with Crippen LogP contribution in [0.25, 0.3) is 0 Å². The second kappa shape index (κ2) is 4.03. The first-order valence-electron chi connectivity index (χ1n) is 5.47. The second-order valence-electron chi connectivity index (χ2n) is 5.30. The zero-order chi connectivity index (χ0) is 10.8. The van der Waals surface area contributed by atoms with E-state index in [1.165, 1.54) is 6.16 Å². The molecule has 0 bridgehead atoms. The van der Waals surface area contributed by atoms with Crippen LogP contribution in [0, 0.1) is 0 Å². The zero-order valence-corrected chi connectivity index (χ0v) is 11.1. The van der Waals surface area contributed by atoms with Crippen LogP contribution in [0.5, 0.6) is 0 Å². The zero-order valence-electron chi connectivity index (χ0n) is 10.1. The minimum atomic E-state index is -1.30. The van der Waals surface area contributed by atoms with E-state index in [4.69, 9.17) is 0 Å². The fourth-order valence-corrected chi connectivity index (χ4v) is 5.24. The number of hydrogen-bond donors (Lipinski definition) is 0. The summed E-state index contributed by atoms with van der Waals surface area (Å²) in [6.07, 6.45) is 1.32. The van der Waals surface area contributed by atoms with Crippen molar-refractivity contribution in [3.63, 3.8) is 0 Å². The van der Waals surface area contributed by atoms with Crippen molar-refractivity contribution in [3.8, 4) is 0 Å². The summed E-state index contributed by atoms with van der Waals surface area (Å²) in [6.45, 7) is 12.0. The Balaban J connectivity index is 3.15. The molecule has 1 aromatic rings. The van der Waals surface area contributed by atoms with Gasteiger partial charge in [-0.05, 0) is 0 Å². The maximum atomic E-state index is 2.50. The molecule has 0 aliphatic rings. The Bertz CT molecular complexity index is 284. The van der Waals surface area contributed by atoms with E-state index in [0.29, 0.717) is 5.16 Å². The molecule has 0 heterocycles. The Labute approximate surface area is 89.1 Å². The van der Waals surface area contributed by atoms with Gasteiger partial charge in [-0.3, -0.25) is 0 Å². The molecule has 0 aliphatic carbocycles. The van der Waals surface area contributed by atoms with Crippen molar-refractivity contribution in [1.29, 1.82) is 0 Å². The monoisotopic (exact) mass is 210 g/mol. The van der Waals surface area contributed by atoms with Gasteiger partial charge in [0.2, 0.25) is 0 Å². The van der Waals surface area contributed by atoms with Crippen molar-refractivity contribution in [2.24, 2.45) is 0 Å². The molecule has 0 radical (unpaired) electrons. The summed E-state index contributed by atoms with van der Waals surface area (Å²) in [5.41, 5.74) is 0. The van der Waals surface area contributed by atoms with E-state index in [1.807, 2.05) is 0 Å². The molecule has 0 fully saturated rings. The fraction of sp³-hybridized carbons (Fsp3) is 0.538. The summed E-state index contributed by atoms with van der Waals surface area (Å²) < 4.78 is 0. The van der Waals surface area contributed by atoms with Gasteiger partial charge in [-0.25, -0.2) is 0 Å². The van der Waals surface area contributed by atoms with Gasteiger partial charge in [0.05, 0.1) is 0 Å². The van der Waals surface area contributed by atoms with Crippen LogP contribution in [0.2, 0.25) is 0 Å². The molecule has 0 N–H and O–H groups in total. The molecular weight excluding hydrogens is 187 g/mol. The first-order chi connectivity index (χ1) is 6.42. The van der Waals surface area contributed by atoms with Crippen molar-refractivity contribution in [1.82, 2.24) is 0 Å². The second-order valence-corrected chi connectivity index (χ2v) is 10.8. The molecule has 1 aromatic carbocycles. The number of rotatable bonds is 2. The van der Waals surface area contributed by atoms with E-state index in [1.54, 1.807) is 5.30 Å². The van der Waals surface area contributed by atoms with Crippen LogP contribution in [-0.2, 0) is 0 Å². The van der Waals surface area contributed by atoms with E-state index in [9.17, 15) is 0 Å². The van der Waals surface area contributed by atoms with Crippen molar-refractivity contribution in [3.05, 3.63) is 30.3 Å². The third-order valence-electron chi connectivity index (χ3n) is 3.77. The molecule has 1 rings (SSSR count). The minimum absolute atomic E-state index is 0.448. The molecule has 0 saturated carbocycles. The van der Waals surface area contributed by atoms with E-state index in [0.717, 1.165) is 0 Å². The summed E-state index contributed by atoms with van der Waals surface area (Å²) in [4.78, 5) is 0. The predicted molar refractivity (Wildman–Crippen MR) is 70.6 cm³/mol. The molecule has 80 valence electrons. The van der Waals surface area contributed by atoms with Gasteiger partial charge in [0.15, 0.2) is 0 Å². The molecule has 1 heteroatoms. The predicted octanol–water partition coefficient (Wildman–Crippen LogP) is 3.51. The molecule has 14 heavy (non-hydrogen) atoms. The summed E-state index contributed by atoms with van der Waals surface area (Å²) in [7, 11) is -1.30. The van der Waals surface area contributed by atoms with Gasteiger partial charge in [0, 0.05) is 0 Å². The van der Waals surface area contributed by atoms with Crippen molar-refractivity contribution in [2.45, 2.75) is 32.9 Å². The van der Waals surface area contributed by atoms with Gasteiger partial charge in [0.25, 0.3) is 0 Å². The van der Waals surface area contributed by atoms with Gasteiger partial charge in [0.1, 0.15) is 0 Å². The van der Waals surface area contributed by atoms with E-state index >= 15 is 0 Å². The van der Waals surface area contributed by atoms with Crippen molar-refractivity contribution in [2.75, 3.05) is 12.8 Å². The first kappa shape index (κ1) is 11.7. The molecule has 0 aliphatic heterocycles. The third-order valence-corrected chi connectivity index (χ3v) is 10.1. The number of benzene rings is 1. The van der Waals surface area contributed by atoms with E-state index in [-0.39, 0.29) is 0 Å². The Morgan fingerprint density at radius 3 is 1.93 bits per heavy atom. The molecule has 0 nitrogen and oxygen atoms in total. The van der Waals surface area contributed by atoms with Crippen LogP contribution in [0.15, 0.2) is 30.3 Å². The number of hydrogen-bond acceptors (Lipinski definition) is 0. The molecular formula is C13H23P. The van der Waals surface area contributed by atoms with E-state index in [2.05, 4.69) is 64.7 Å². The first-order valence-corrected chi connectivity index (χ1v) is 8.18. The van der Waals surface area contributed by atoms with Gasteiger partial charge < -0.3 is 0 Å². The van der Waals surface area contributed by atoms with Crippen LogP contribution >= 0.6 is 7.26 Å². The van der Waals surface area contributed by atoms with Gasteiger partial charge in [-0.15, -0.1) is 0 Å². The standard InChI is InChI=1S/C13H23P/c1-6-14(5,13(2,3)4)12-10-8-7-9-11-12/h7-11,14H,6H2,1-5H3. The molecule has 0 atom stereocenters. The summed E-state index contributed by atoms with van der Waals surface area (Å²) in [6, 6.07) is 11.1. The van der Waals surface area contributed by atoms with Crippen LogP contribution in [0.3, 0.4) is 0 Å². The summed E-state index contributed by atoms with van der Waals surface area (Å²) >= 11 is 0. The van der Waals surface area contributed by atoms with Crippen LogP contribution < -0.4 is 5.30 Å². The Hall–Kier alpha value is -0.350. The average molecular weight is 210 g/mol. The normalized spacial score (nSPS) is 14.1. The van der Waals surface area contributed by atoms with E-state index < -0.39 is 7.26 Å². The third kappa shape index (κ3) is 2.01. The molecule has 0 saturated heterocycles. The average Bonchev–Trinajstić information content (AvgIpc) is 2.16. The molecule has 0 spiro atoms. The summed E-state index contributed by atoms with van der Waals surface area (Å²) in [5.74, 6) is 0. The van der Waals surface area contributed by atoms with Crippen molar-refractivity contribution >= 4 is 12.6 Å². The Morgan fingerprint density at radius 2 is 1.57 bits per heavy atom.